The van der Waals surface area contributed by atoms with E-state index in [4.69, 9.17) is 10.3 Å². The molecular weight excluding hydrogens is 300 g/mol. The molecule has 112 valence electrons. The summed E-state index contributed by atoms with van der Waals surface area (Å²) in [6.45, 7) is 0. The van der Waals surface area contributed by atoms with Gasteiger partial charge in [0.25, 0.3) is 10.1 Å². The number of nitrogens with two attached hydrogens (primary N) is 1. The lowest BCUT2D eigenvalue weighted by Gasteiger charge is -2.10. The standard InChI is InChI=1S/C16H14N2O3S/c17-15-8-7-14(10-16(15)22(19,20)21)18-13-6-5-11-3-1-2-4-12(11)9-13/h1-10,18H,17H2,(H,19,20,21). The van der Waals surface area contributed by atoms with E-state index in [2.05, 4.69) is 5.32 Å². The van der Waals surface area contributed by atoms with Crippen molar-refractivity contribution < 1.29 is 13.0 Å². The van der Waals surface area contributed by atoms with Crippen LogP contribution in [0.15, 0.2) is 65.6 Å². The predicted octanol–water partition coefficient (Wildman–Crippen LogP) is 3.41. The van der Waals surface area contributed by atoms with E-state index in [1.165, 1.54) is 12.1 Å². The van der Waals surface area contributed by atoms with Crippen molar-refractivity contribution in [3.63, 3.8) is 0 Å². The Morgan fingerprint density at radius 2 is 1.50 bits per heavy atom. The monoisotopic (exact) mass is 314 g/mol. The number of hydrogen-bond donors (Lipinski definition) is 3. The van der Waals surface area contributed by atoms with E-state index < -0.39 is 10.1 Å². The summed E-state index contributed by atoms with van der Waals surface area (Å²) in [6, 6.07) is 18.1. The first-order valence-corrected chi connectivity index (χ1v) is 8.00. The van der Waals surface area contributed by atoms with Crippen LogP contribution in [0.5, 0.6) is 0 Å². The van der Waals surface area contributed by atoms with Crippen LogP contribution in [0.3, 0.4) is 0 Å². The van der Waals surface area contributed by atoms with Gasteiger partial charge in [-0.2, -0.15) is 8.42 Å². The van der Waals surface area contributed by atoms with Gasteiger partial charge in [-0.25, -0.2) is 0 Å². The van der Waals surface area contributed by atoms with Crippen molar-refractivity contribution in [3.05, 3.63) is 60.7 Å². The van der Waals surface area contributed by atoms with E-state index in [0.29, 0.717) is 5.69 Å². The van der Waals surface area contributed by atoms with E-state index in [1.54, 1.807) is 6.07 Å². The number of nitrogens with one attached hydrogen (secondary N) is 1. The molecule has 0 heterocycles. The minimum absolute atomic E-state index is 0.00608. The van der Waals surface area contributed by atoms with Crippen LogP contribution < -0.4 is 11.1 Å². The first-order valence-electron chi connectivity index (χ1n) is 6.56. The van der Waals surface area contributed by atoms with Crippen molar-refractivity contribution >= 4 is 38.0 Å². The maximum atomic E-state index is 11.3. The highest BCUT2D eigenvalue weighted by Gasteiger charge is 2.14. The van der Waals surface area contributed by atoms with Crippen LogP contribution in [0.25, 0.3) is 10.8 Å². The summed E-state index contributed by atoms with van der Waals surface area (Å²) in [5.41, 5.74) is 6.92. The van der Waals surface area contributed by atoms with E-state index in [1.807, 2.05) is 42.5 Å². The zero-order chi connectivity index (χ0) is 15.7. The molecule has 0 saturated carbocycles. The lowest BCUT2D eigenvalue weighted by molar-refractivity contribution is 0.483. The fraction of sp³-hybridized carbons (Fsp3) is 0. The van der Waals surface area contributed by atoms with Gasteiger partial charge in [0.15, 0.2) is 0 Å². The van der Waals surface area contributed by atoms with Crippen LogP contribution in [-0.4, -0.2) is 13.0 Å². The smallest absolute Gasteiger partial charge is 0.296 e. The molecule has 0 amide bonds. The quantitative estimate of drug-likeness (QED) is 0.509. The highest BCUT2D eigenvalue weighted by atomic mass is 32.2. The molecule has 3 rings (SSSR count). The third-order valence-corrected chi connectivity index (χ3v) is 4.24. The topological polar surface area (TPSA) is 92.4 Å². The van der Waals surface area contributed by atoms with Gasteiger partial charge in [0.05, 0.1) is 5.69 Å². The molecule has 0 saturated heterocycles. The van der Waals surface area contributed by atoms with Crippen molar-refractivity contribution in [2.24, 2.45) is 0 Å². The highest BCUT2D eigenvalue weighted by Crippen LogP contribution is 2.26. The van der Waals surface area contributed by atoms with Gasteiger partial charge in [-0.1, -0.05) is 30.3 Å². The maximum Gasteiger partial charge on any atom is 0.296 e. The van der Waals surface area contributed by atoms with E-state index >= 15 is 0 Å². The second-order valence-corrected chi connectivity index (χ2v) is 6.30. The van der Waals surface area contributed by atoms with Gasteiger partial charge in [0, 0.05) is 11.4 Å². The first kappa shape index (κ1) is 14.4. The molecule has 3 aromatic rings. The van der Waals surface area contributed by atoms with Gasteiger partial charge in [0.1, 0.15) is 4.90 Å². The second kappa shape index (κ2) is 5.32. The van der Waals surface area contributed by atoms with Crippen LogP contribution in [0.4, 0.5) is 17.1 Å². The molecule has 6 heteroatoms. The molecule has 0 aliphatic heterocycles. The molecule has 0 atom stereocenters. The van der Waals surface area contributed by atoms with E-state index in [-0.39, 0.29) is 10.6 Å². The number of nitrogen functional groups attached to an aromatic ring is 1. The molecule has 22 heavy (non-hydrogen) atoms. The molecule has 0 unspecified atom stereocenters. The van der Waals surface area contributed by atoms with E-state index in [9.17, 15) is 8.42 Å². The fourth-order valence-corrected chi connectivity index (χ4v) is 2.91. The zero-order valence-electron chi connectivity index (χ0n) is 11.5. The van der Waals surface area contributed by atoms with Gasteiger partial charge >= 0.3 is 0 Å². The Balaban J connectivity index is 1.98. The summed E-state index contributed by atoms with van der Waals surface area (Å²) in [7, 11) is -4.35. The lowest BCUT2D eigenvalue weighted by Crippen LogP contribution is -2.04. The van der Waals surface area contributed by atoms with Crippen LogP contribution in [0.2, 0.25) is 0 Å². The van der Waals surface area contributed by atoms with Crippen molar-refractivity contribution in [1.29, 1.82) is 0 Å². The fourth-order valence-electron chi connectivity index (χ4n) is 2.27. The van der Waals surface area contributed by atoms with Gasteiger partial charge in [-0.05, 0) is 41.1 Å². The number of rotatable bonds is 3. The molecule has 5 nitrogen and oxygen atoms in total. The normalized spacial score (nSPS) is 11.5. The van der Waals surface area contributed by atoms with Crippen molar-refractivity contribution in [1.82, 2.24) is 0 Å². The molecule has 0 fully saturated rings. The Hall–Kier alpha value is -2.57. The molecule has 0 bridgehead atoms. The van der Waals surface area contributed by atoms with Crippen LogP contribution >= 0.6 is 0 Å². The number of anilines is 3. The molecule has 0 aromatic heterocycles. The molecule has 0 radical (unpaired) electrons. The first-order chi connectivity index (χ1) is 10.4. The Labute approximate surface area is 128 Å². The van der Waals surface area contributed by atoms with Gasteiger partial charge < -0.3 is 11.1 Å². The van der Waals surface area contributed by atoms with Crippen LogP contribution in [-0.2, 0) is 10.1 Å². The second-order valence-electron chi connectivity index (χ2n) is 4.91. The molecular formula is C16H14N2O3S. The summed E-state index contributed by atoms with van der Waals surface area (Å²) in [6.07, 6.45) is 0. The average molecular weight is 314 g/mol. The van der Waals surface area contributed by atoms with Crippen molar-refractivity contribution in [3.8, 4) is 0 Å². The summed E-state index contributed by atoms with van der Waals surface area (Å²) in [4.78, 5) is -0.307. The molecule has 4 N–H and O–H groups in total. The Morgan fingerprint density at radius 1 is 0.864 bits per heavy atom. The van der Waals surface area contributed by atoms with Crippen LogP contribution in [0, 0.1) is 0 Å². The predicted molar refractivity (Wildman–Crippen MR) is 87.9 cm³/mol. The minimum atomic E-state index is -4.35. The molecule has 3 aromatic carbocycles. The Kier molecular flexibility index (Phi) is 3.48. The third-order valence-electron chi connectivity index (χ3n) is 3.33. The largest absolute Gasteiger partial charge is 0.398 e. The van der Waals surface area contributed by atoms with Gasteiger partial charge in [-0.15, -0.1) is 0 Å². The third kappa shape index (κ3) is 2.88. The summed E-state index contributed by atoms with van der Waals surface area (Å²) in [5.74, 6) is 0. The Morgan fingerprint density at radius 3 is 2.23 bits per heavy atom. The molecule has 0 aliphatic rings. The maximum absolute atomic E-state index is 11.3. The van der Waals surface area contributed by atoms with Crippen LogP contribution in [0.1, 0.15) is 0 Å². The van der Waals surface area contributed by atoms with Gasteiger partial charge in [-0.3, -0.25) is 4.55 Å². The zero-order valence-corrected chi connectivity index (χ0v) is 12.3. The van der Waals surface area contributed by atoms with Crippen molar-refractivity contribution in [2.45, 2.75) is 4.90 Å². The summed E-state index contributed by atoms with van der Waals surface area (Å²) < 4.78 is 31.7. The highest BCUT2D eigenvalue weighted by molar-refractivity contribution is 7.86. The lowest BCUT2D eigenvalue weighted by atomic mass is 10.1. The minimum Gasteiger partial charge on any atom is -0.398 e. The van der Waals surface area contributed by atoms with Gasteiger partial charge in [0.2, 0.25) is 0 Å². The summed E-state index contributed by atoms with van der Waals surface area (Å²) >= 11 is 0. The Bertz CT molecular complexity index is 953. The number of benzene rings is 3. The van der Waals surface area contributed by atoms with Crippen molar-refractivity contribution in [2.75, 3.05) is 11.1 Å². The number of fused-ring (bicyclic) bond motifs is 1. The van der Waals surface area contributed by atoms with E-state index in [0.717, 1.165) is 16.5 Å². The molecule has 0 aliphatic carbocycles. The number of hydrogen-bond acceptors (Lipinski definition) is 4. The SMILES string of the molecule is Nc1ccc(Nc2ccc3ccccc3c2)cc1S(=O)(=O)O. The average Bonchev–Trinajstić information content (AvgIpc) is 2.48. The molecule has 0 spiro atoms. The summed E-state index contributed by atoms with van der Waals surface area (Å²) in [5, 5.41) is 5.29.